The van der Waals surface area contributed by atoms with E-state index in [1.165, 1.54) is 0 Å². The largest absolute Gasteiger partial charge is 0.415 e. The molecule has 0 rings (SSSR count). The second-order valence-corrected chi connectivity index (χ2v) is 13.0. The van der Waals surface area contributed by atoms with E-state index >= 15 is 0 Å². The summed E-state index contributed by atoms with van der Waals surface area (Å²) in [5.74, 6) is 0. The second kappa shape index (κ2) is 29.3. The van der Waals surface area contributed by atoms with Gasteiger partial charge in [-0.1, -0.05) is 0 Å². The molecule has 0 bridgehead atoms. The van der Waals surface area contributed by atoms with E-state index in [1.54, 1.807) is 7.11 Å². The standard InChI is InChI=1S/C24H52O11Si/c1-25-5-6-26-7-8-27-9-10-28-11-12-29-13-14-30-15-16-31-17-18-32-19-20-33-21-22-34-23-24-35-36(2,3)4/h5-24H2,1-4H3. The van der Waals surface area contributed by atoms with Gasteiger partial charge in [0.15, 0.2) is 8.32 Å². The number of hydrogen-bond donors (Lipinski definition) is 0. The van der Waals surface area contributed by atoms with Crippen LogP contribution >= 0.6 is 0 Å². The maximum absolute atomic E-state index is 5.71. The van der Waals surface area contributed by atoms with Crippen LogP contribution in [0.1, 0.15) is 0 Å². The van der Waals surface area contributed by atoms with Crippen LogP contribution in [0.4, 0.5) is 0 Å². The lowest BCUT2D eigenvalue weighted by Crippen LogP contribution is -2.27. The molecule has 11 nitrogen and oxygen atoms in total. The van der Waals surface area contributed by atoms with Gasteiger partial charge >= 0.3 is 0 Å². The number of ether oxygens (including phenoxy) is 10. The first-order valence-electron chi connectivity index (χ1n) is 12.9. The third kappa shape index (κ3) is 33.8. The molecule has 0 heterocycles. The van der Waals surface area contributed by atoms with Crippen molar-refractivity contribution in [2.24, 2.45) is 0 Å². The Balaban J connectivity index is 3.03. The monoisotopic (exact) mass is 544 g/mol. The minimum absolute atomic E-state index is 0.526. The summed E-state index contributed by atoms with van der Waals surface area (Å²) in [6.45, 7) is 17.6. The van der Waals surface area contributed by atoms with Crippen molar-refractivity contribution in [3.63, 3.8) is 0 Å². The predicted octanol–water partition coefficient (Wildman–Crippen LogP) is 1.63. The minimum Gasteiger partial charge on any atom is -0.415 e. The fraction of sp³-hybridized carbons (Fsp3) is 1.00. The molecule has 0 atom stereocenters. The van der Waals surface area contributed by atoms with Crippen LogP contribution in [0.25, 0.3) is 0 Å². The molecule has 0 aromatic carbocycles. The number of rotatable bonds is 31. The summed E-state index contributed by atoms with van der Waals surface area (Å²) in [5, 5.41) is 0. The average molecular weight is 545 g/mol. The van der Waals surface area contributed by atoms with Crippen LogP contribution in [-0.4, -0.2) is 148 Å². The van der Waals surface area contributed by atoms with Crippen LogP contribution in [0.2, 0.25) is 19.6 Å². The van der Waals surface area contributed by atoms with Crippen LogP contribution in [0.3, 0.4) is 0 Å². The van der Waals surface area contributed by atoms with Crippen LogP contribution in [0, 0.1) is 0 Å². The van der Waals surface area contributed by atoms with Gasteiger partial charge in [-0.2, -0.15) is 0 Å². The Labute approximate surface area is 219 Å². The normalized spacial score (nSPS) is 12.0. The molecule has 0 aliphatic heterocycles. The zero-order valence-corrected chi connectivity index (χ0v) is 24.1. The quantitative estimate of drug-likeness (QED) is 0.0940. The molecule has 0 fully saturated rings. The smallest absolute Gasteiger partial charge is 0.183 e. The lowest BCUT2D eigenvalue weighted by atomic mass is 10.6. The Morgan fingerprint density at radius 2 is 0.500 bits per heavy atom. The van der Waals surface area contributed by atoms with Crippen molar-refractivity contribution in [1.29, 1.82) is 0 Å². The summed E-state index contributed by atoms with van der Waals surface area (Å²) in [4.78, 5) is 0. The molecule has 0 N–H and O–H groups in total. The van der Waals surface area contributed by atoms with Crippen molar-refractivity contribution in [1.82, 2.24) is 0 Å². The number of methoxy groups -OCH3 is 1. The van der Waals surface area contributed by atoms with E-state index in [0.717, 1.165) is 0 Å². The van der Waals surface area contributed by atoms with Crippen molar-refractivity contribution >= 4 is 8.32 Å². The van der Waals surface area contributed by atoms with Gasteiger partial charge in [0.25, 0.3) is 0 Å². The highest BCUT2D eigenvalue weighted by atomic mass is 28.4. The third-order valence-electron chi connectivity index (χ3n) is 4.17. The second-order valence-electron chi connectivity index (χ2n) is 8.46. The van der Waals surface area contributed by atoms with E-state index in [-0.39, 0.29) is 0 Å². The topological polar surface area (TPSA) is 102 Å². The van der Waals surface area contributed by atoms with E-state index in [1.807, 2.05) is 0 Å². The van der Waals surface area contributed by atoms with Crippen LogP contribution in [0.15, 0.2) is 0 Å². The SMILES string of the molecule is COCCOCCOCCOCCOCCOCCOCCOCCOCCOCCO[Si](C)(C)C. The lowest BCUT2D eigenvalue weighted by Gasteiger charge is -2.16. The van der Waals surface area contributed by atoms with Gasteiger partial charge in [0.2, 0.25) is 0 Å². The van der Waals surface area contributed by atoms with Gasteiger partial charge in [0.1, 0.15) is 0 Å². The maximum atomic E-state index is 5.71. The zero-order valence-electron chi connectivity index (χ0n) is 23.1. The summed E-state index contributed by atoms with van der Waals surface area (Å²) in [7, 11) is 0.206. The van der Waals surface area contributed by atoms with Crippen molar-refractivity contribution < 1.29 is 51.8 Å². The fourth-order valence-corrected chi connectivity index (χ4v) is 3.11. The van der Waals surface area contributed by atoms with Crippen molar-refractivity contribution in [2.45, 2.75) is 19.6 Å². The molecule has 36 heavy (non-hydrogen) atoms. The summed E-state index contributed by atoms with van der Waals surface area (Å²) < 4.78 is 59.4. The zero-order chi connectivity index (χ0) is 26.4. The Hall–Kier alpha value is -0.223. The van der Waals surface area contributed by atoms with Gasteiger partial charge < -0.3 is 51.8 Å². The first-order valence-corrected chi connectivity index (χ1v) is 16.3. The molecule has 0 radical (unpaired) electrons. The first kappa shape index (κ1) is 35.8. The van der Waals surface area contributed by atoms with Gasteiger partial charge in [0.05, 0.1) is 132 Å². The van der Waals surface area contributed by atoms with Crippen molar-refractivity contribution in [3.8, 4) is 0 Å². The molecule has 0 amide bonds. The van der Waals surface area contributed by atoms with Crippen LogP contribution in [0.5, 0.6) is 0 Å². The molecule has 0 aliphatic carbocycles. The molecular weight excluding hydrogens is 492 g/mol. The molecule has 0 saturated heterocycles. The van der Waals surface area contributed by atoms with Crippen molar-refractivity contribution in [3.05, 3.63) is 0 Å². The predicted molar refractivity (Wildman–Crippen MR) is 139 cm³/mol. The fourth-order valence-electron chi connectivity index (χ4n) is 2.41. The highest BCUT2D eigenvalue weighted by molar-refractivity contribution is 6.69. The van der Waals surface area contributed by atoms with E-state index in [9.17, 15) is 0 Å². The van der Waals surface area contributed by atoms with E-state index < -0.39 is 8.32 Å². The van der Waals surface area contributed by atoms with E-state index in [4.69, 9.17) is 51.8 Å². The molecule has 0 saturated carbocycles. The minimum atomic E-state index is -1.44. The summed E-state index contributed by atoms with van der Waals surface area (Å²) in [5.41, 5.74) is 0. The third-order valence-corrected chi connectivity index (χ3v) is 5.24. The maximum Gasteiger partial charge on any atom is 0.183 e. The average Bonchev–Trinajstić information content (AvgIpc) is 2.84. The van der Waals surface area contributed by atoms with E-state index in [2.05, 4.69) is 19.6 Å². The van der Waals surface area contributed by atoms with E-state index in [0.29, 0.717) is 132 Å². The molecule has 0 spiro atoms. The molecule has 0 aliphatic rings. The van der Waals surface area contributed by atoms with Gasteiger partial charge in [-0.25, -0.2) is 0 Å². The molecule has 0 aromatic heterocycles. The van der Waals surface area contributed by atoms with Gasteiger partial charge in [0, 0.05) is 7.11 Å². The van der Waals surface area contributed by atoms with Gasteiger partial charge in [-0.05, 0) is 19.6 Å². The van der Waals surface area contributed by atoms with Crippen molar-refractivity contribution in [2.75, 3.05) is 139 Å². The highest BCUT2D eigenvalue weighted by Crippen LogP contribution is 2.01. The molecule has 12 heteroatoms. The van der Waals surface area contributed by atoms with Crippen LogP contribution in [-0.2, 0) is 51.8 Å². The molecule has 218 valence electrons. The summed E-state index contributed by atoms with van der Waals surface area (Å²) in [6, 6.07) is 0. The molecule has 0 unspecified atom stereocenters. The number of hydrogen-bond acceptors (Lipinski definition) is 11. The Bertz CT molecular complexity index is 414. The lowest BCUT2D eigenvalue weighted by molar-refractivity contribution is -0.0262. The Morgan fingerprint density at radius 1 is 0.306 bits per heavy atom. The Kier molecular flexibility index (Phi) is 29.2. The van der Waals surface area contributed by atoms with Gasteiger partial charge in [-0.15, -0.1) is 0 Å². The van der Waals surface area contributed by atoms with Crippen LogP contribution < -0.4 is 0 Å². The summed E-state index contributed by atoms with van der Waals surface area (Å²) in [6.07, 6.45) is 0. The first-order chi connectivity index (χ1) is 17.6. The highest BCUT2D eigenvalue weighted by Gasteiger charge is 2.13. The summed E-state index contributed by atoms with van der Waals surface area (Å²) >= 11 is 0. The Morgan fingerprint density at radius 3 is 0.694 bits per heavy atom. The molecule has 0 aromatic rings. The van der Waals surface area contributed by atoms with Gasteiger partial charge in [-0.3, -0.25) is 0 Å². The molecular formula is C24H52O11Si.